The fourth-order valence-corrected chi connectivity index (χ4v) is 2.33. The SMILES string of the molecule is COC(=O)CC1CCC(=O)N1Cc1ccc(F)cc1F. The molecule has 0 radical (unpaired) electrons. The van der Waals surface area contributed by atoms with Crippen LogP contribution in [0, 0.1) is 11.6 Å². The summed E-state index contributed by atoms with van der Waals surface area (Å²) in [5.41, 5.74) is 0.233. The second-order valence-corrected chi connectivity index (χ2v) is 4.73. The fourth-order valence-electron chi connectivity index (χ4n) is 2.33. The van der Waals surface area contributed by atoms with E-state index in [4.69, 9.17) is 0 Å². The summed E-state index contributed by atoms with van der Waals surface area (Å²) in [6, 6.07) is 2.95. The first-order valence-electron chi connectivity index (χ1n) is 6.31. The second-order valence-electron chi connectivity index (χ2n) is 4.73. The number of esters is 1. The number of methoxy groups -OCH3 is 1. The van der Waals surface area contributed by atoms with E-state index in [9.17, 15) is 18.4 Å². The van der Waals surface area contributed by atoms with Gasteiger partial charge in [-0.2, -0.15) is 0 Å². The third-order valence-corrected chi connectivity index (χ3v) is 3.44. The molecule has 1 aromatic carbocycles. The molecule has 0 aliphatic carbocycles. The number of likely N-dealkylation sites (tertiary alicyclic amines) is 1. The molecule has 0 bridgehead atoms. The van der Waals surface area contributed by atoms with Crippen molar-refractivity contribution < 1.29 is 23.1 Å². The van der Waals surface area contributed by atoms with Gasteiger partial charge in [-0.15, -0.1) is 0 Å². The molecule has 1 fully saturated rings. The van der Waals surface area contributed by atoms with Crippen molar-refractivity contribution in [3.05, 3.63) is 35.4 Å². The molecule has 1 aliphatic rings. The smallest absolute Gasteiger partial charge is 0.307 e. The summed E-state index contributed by atoms with van der Waals surface area (Å²) >= 11 is 0. The Kier molecular flexibility index (Phi) is 4.32. The lowest BCUT2D eigenvalue weighted by atomic mass is 10.1. The first-order chi connectivity index (χ1) is 9.51. The number of hydrogen-bond acceptors (Lipinski definition) is 3. The van der Waals surface area contributed by atoms with Crippen LogP contribution in [0.5, 0.6) is 0 Å². The molecule has 1 saturated heterocycles. The van der Waals surface area contributed by atoms with Crippen molar-refractivity contribution in [1.29, 1.82) is 0 Å². The average Bonchev–Trinajstić information content (AvgIpc) is 2.74. The Labute approximate surface area is 115 Å². The Balaban J connectivity index is 2.12. The van der Waals surface area contributed by atoms with Gasteiger partial charge >= 0.3 is 5.97 Å². The average molecular weight is 283 g/mol. The number of halogens is 2. The molecule has 1 aliphatic heterocycles. The van der Waals surface area contributed by atoms with Gasteiger partial charge < -0.3 is 9.64 Å². The van der Waals surface area contributed by atoms with Gasteiger partial charge in [0.15, 0.2) is 0 Å². The number of ether oxygens (including phenoxy) is 1. The first kappa shape index (κ1) is 14.4. The summed E-state index contributed by atoms with van der Waals surface area (Å²) in [4.78, 5) is 24.6. The predicted octanol–water partition coefficient (Wildman–Crippen LogP) is 2.02. The molecule has 108 valence electrons. The zero-order valence-electron chi connectivity index (χ0n) is 11.1. The van der Waals surface area contributed by atoms with E-state index in [1.54, 1.807) is 0 Å². The molecule has 4 nitrogen and oxygen atoms in total. The van der Waals surface area contributed by atoms with Gasteiger partial charge in [-0.05, 0) is 12.5 Å². The van der Waals surface area contributed by atoms with Crippen molar-refractivity contribution >= 4 is 11.9 Å². The van der Waals surface area contributed by atoms with Crippen LogP contribution in [0.1, 0.15) is 24.8 Å². The standard InChI is InChI=1S/C14H15F2NO3/c1-20-14(19)7-11-4-5-13(18)17(11)8-9-2-3-10(15)6-12(9)16/h2-3,6,11H,4-5,7-8H2,1H3. The van der Waals surface area contributed by atoms with Crippen LogP contribution < -0.4 is 0 Å². The van der Waals surface area contributed by atoms with Crippen molar-refractivity contribution in [2.45, 2.75) is 31.8 Å². The quantitative estimate of drug-likeness (QED) is 0.794. The van der Waals surface area contributed by atoms with E-state index in [1.807, 2.05) is 0 Å². The van der Waals surface area contributed by atoms with Crippen LogP contribution in [0.4, 0.5) is 8.78 Å². The van der Waals surface area contributed by atoms with Crippen molar-refractivity contribution in [2.75, 3.05) is 7.11 Å². The molecule has 1 unspecified atom stereocenters. The van der Waals surface area contributed by atoms with Gasteiger partial charge in [0, 0.05) is 30.6 Å². The van der Waals surface area contributed by atoms with Crippen LogP contribution in [0.3, 0.4) is 0 Å². The van der Waals surface area contributed by atoms with Crippen molar-refractivity contribution in [3.8, 4) is 0 Å². The minimum atomic E-state index is -0.693. The zero-order chi connectivity index (χ0) is 14.7. The maximum atomic E-state index is 13.6. The van der Waals surface area contributed by atoms with Crippen molar-refractivity contribution in [1.82, 2.24) is 4.90 Å². The molecule has 6 heteroatoms. The lowest BCUT2D eigenvalue weighted by molar-refractivity contribution is -0.142. The summed E-state index contributed by atoms with van der Waals surface area (Å²) in [6.45, 7) is 0.0343. The lowest BCUT2D eigenvalue weighted by Crippen LogP contribution is -2.34. The van der Waals surface area contributed by atoms with E-state index in [1.165, 1.54) is 18.1 Å². The number of nitrogens with zero attached hydrogens (tertiary/aromatic N) is 1. The van der Waals surface area contributed by atoms with Gasteiger partial charge in [0.1, 0.15) is 11.6 Å². The highest BCUT2D eigenvalue weighted by Gasteiger charge is 2.33. The molecule has 1 aromatic rings. The van der Waals surface area contributed by atoms with Gasteiger partial charge in [0.05, 0.1) is 13.5 Å². The highest BCUT2D eigenvalue weighted by molar-refractivity contribution is 5.80. The van der Waals surface area contributed by atoms with Gasteiger partial charge in [0.25, 0.3) is 0 Å². The van der Waals surface area contributed by atoms with Crippen LogP contribution >= 0.6 is 0 Å². The van der Waals surface area contributed by atoms with Gasteiger partial charge in [-0.3, -0.25) is 9.59 Å². The van der Waals surface area contributed by atoms with E-state index in [-0.39, 0.29) is 30.5 Å². The Morgan fingerprint density at radius 2 is 2.20 bits per heavy atom. The topological polar surface area (TPSA) is 46.6 Å². The molecule has 0 saturated carbocycles. The van der Waals surface area contributed by atoms with E-state index >= 15 is 0 Å². The zero-order valence-corrected chi connectivity index (χ0v) is 11.1. The molecule has 0 aromatic heterocycles. The van der Waals surface area contributed by atoms with Crippen LogP contribution in [0.2, 0.25) is 0 Å². The number of hydrogen-bond donors (Lipinski definition) is 0. The third-order valence-electron chi connectivity index (χ3n) is 3.44. The van der Waals surface area contributed by atoms with Crippen molar-refractivity contribution in [2.24, 2.45) is 0 Å². The summed E-state index contributed by atoms with van der Waals surface area (Å²) in [5.74, 6) is -1.90. The second kappa shape index (κ2) is 5.98. The monoisotopic (exact) mass is 283 g/mol. The van der Waals surface area contributed by atoms with Crippen molar-refractivity contribution in [3.63, 3.8) is 0 Å². The lowest BCUT2D eigenvalue weighted by Gasteiger charge is -2.24. The van der Waals surface area contributed by atoms with Gasteiger partial charge in [-0.1, -0.05) is 6.07 Å². The Bertz CT molecular complexity index is 533. The van der Waals surface area contributed by atoms with E-state index in [2.05, 4.69) is 4.74 Å². The van der Waals surface area contributed by atoms with Crippen LogP contribution in [-0.4, -0.2) is 29.9 Å². The predicted molar refractivity (Wildman–Crippen MR) is 66.6 cm³/mol. The number of benzene rings is 1. The molecule has 1 atom stereocenters. The maximum absolute atomic E-state index is 13.6. The molecule has 0 spiro atoms. The number of carbonyl (C=O) groups is 2. The molecule has 2 rings (SSSR count). The molecule has 0 N–H and O–H groups in total. The van der Waals surface area contributed by atoms with Gasteiger partial charge in [-0.25, -0.2) is 8.78 Å². The molecular formula is C14H15F2NO3. The largest absolute Gasteiger partial charge is 0.469 e. The number of rotatable bonds is 4. The van der Waals surface area contributed by atoms with E-state index in [0.29, 0.717) is 12.8 Å². The summed E-state index contributed by atoms with van der Waals surface area (Å²) in [7, 11) is 1.28. The summed E-state index contributed by atoms with van der Waals surface area (Å²) in [5, 5.41) is 0. The molecular weight excluding hydrogens is 268 g/mol. The Morgan fingerprint density at radius 3 is 2.85 bits per heavy atom. The normalized spacial score (nSPS) is 18.4. The minimum absolute atomic E-state index is 0.0343. The van der Waals surface area contributed by atoms with Gasteiger partial charge in [0.2, 0.25) is 5.91 Å². The summed E-state index contributed by atoms with van der Waals surface area (Å²) < 4.78 is 31.1. The highest BCUT2D eigenvalue weighted by atomic mass is 19.1. The third kappa shape index (κ3) is 3.12. The van der Waals surface area contributed by atoms with Crippen LogP contribution in [-0.2, 0) is 20.9 Å². The van der Waals surface area contributed by atoms with Crippen LogP contribution in [0.15, 0.2) is 18.2 Å². The Hall–Kier alpha value is -1.98. The Morgan fingerprint density at radius 1 is 1.45 bits per heavy atom. The molecule has 20 heavy (non-hydrogen) atoms. The fraction of sp³-hybridized carbons (Fsp3) is 0.429. The summed E-state index contributed by atoms with van der Waals surface area (Å²) in [6.07, 6.45) is 0.951. The van der Waals surface area contributed by atoms with E-state index < -0.39 is 17.6 Å². The minimum Gasteiger partial charge on any atom is -0.469 e. The molecule has 1 heterocycles. The first-order valence-corrected chi connectivity index (χ1v) is 6.31. The highest BCUT2D eigenvalue weighted by Crippen LogP contribution is 2.25. The number of amides is 1. The van der Waals surface area contributed by atoms with Crippen LogP contribution in [0.25, 0.3) is 0 Å². The van der Waals surface area contributed by atoms with E-state index in [0.717, 1.165) is 12.1 Å². The maximum Gasteiger partial charge on any atom is 0.307 e. The molecule has 1 amide bonds. The number of carbonyl (C=O) groups excluding carboxylic acids is 2.